The average molecular weight is 268 g/mol. The maximum absolute atomic E-state index is 12.3. The summed E-state index contributed by atoms with van der Waals surface area (Å²) < 4.78 is 24.7. The number of fused-ring (bicyclic) bond motifs is 2. The zero-order chi connectivity index (χ0) is 12.0. The van der Waals surface area contributed by atoms with Crippen LogP contribution in [0.25, 0.3) is 0 Å². The molecular formula is C12H10ClNO2S. The molecule has 0 saturated carbocycles. The van der Waals surface area contributed by atoms with Crippen molar-refractivity contribution < 1.29 is 8.42 Å². The van der Waals surface area contributed by atoms with Gasteiger partial charge in [-0.15, -0.1) is 0 Å². The number of rotatable bonds is 1. The van der Waals surface area contributed by atoms with Crippen LogP contribution in [-0.4, -0.2) is 19.5 Å². The second-order valence-electron chi connectivity index (χ2n) is 4.22. The van der Waals surface area contributed by atoms with Crippen molar-refractivity contribution >= 4 is 26.5 Å². The maximum Gasteiger partial charge on any atom is 0.220 e. The predicted octanol–water partition coefficient (Wildman–Crippen LogP) is 2.47. The topological polar surface area (TPSA) is 46.5 Å². The third-order valence-corrected chi connectivity index (χ3v) is 5.17. The third-order valence-electron chi connectivity index (χ3n) is 3.07. The minimum absolute atomic E-state index is 0.0410. The first-order chi connectivity index (χ1) is 8.07. The van der Waals surface area contributed by atoms with E-state index < -0.39 is 9.84 Å². The molecule has 0 aromatic heterocycles. The Hall–Kier alpha value is -1.13. The molecule has 3 rings (SSSR count). The summed E-state index contributed by atoms with van der Waals surface area (Å²) in [5, 5.41) is 0.825. The lowest BCUT2D eigenvalue weighted by atomic mass is 10.2. The number of halogens is 1. The van der Waals surface area contributed by atoms with Crippen molar-refractivity contribution in [3.8, 4) is 0 Å². The highest BCUT2D eigenvalue weighted by Gasteiger charge is 2.38. The molecule has 0 N–H and O–H groups in total. The van der Waals surface area contributed by atoms with Crippen LogP contribution in [0.5, 0.6) is 0 Å². The zero-order valence-electron chi connectivity index (χ0n) is 8.88. The van der Waals surface area contributed by atoms with E-state index in [1.54, 1.807) is 12.1 Å². The lowest BCUT2D eigenvalue weighted by Gasteiger charge is -2.09. The average Bonchev–Trinajstić information content (AvgIpc) is 2.91. The molecule has 1 aromatic carbocycles. The number of benzene rings is 1. The summed E-state index contributed by atoms with van der Waals surface area (Å²) in [6, 6.07) is 6.26. The summed E-state index contributed by atoms with van der Waals surface area (Å²) in [4.78, 5) is 4.50. The molecule has 1 aliphatic carbocycles. The van der Waals surface area contributed by atoms with Crippen LogP contribution in [0.15, 0.2) is 46.3 Å². The van der Waals surface area contributed by atoms with Crippen LogP contribution in [0.4, 0.5) is 0 Å². The Labute approximate surface area is 105 Å². The van der Waals surface area contributed by atoms with Gasteiger partial charge in [0.2, 0.25) is 9.84 Å². The molecule has 5 heteroatoms. The van der Waals surface area contributed by atoms with Gasteiger partial charge in [0, 0.05) is 10.9 Å². The van der Waals surface area contributed by atoms with E-state index in [0.717, 1.165) is 6.42 Å². The fourth-order valence-corrected chi connectivity index (χ4v) is 3.93. The summed E-state index contributed by atoms with van der Waals surface area (Å²) in [5.41, 5.74) is 0. The second-order valence-corrected chi connectivity index (χ2v) is 6.55. The fourth-order valence-electron chi connectivity index (χ4n) is 2.22. The monoisotopic (exact) mass is 267 g/mol. The number of hydrogen-bond acceptors (Lipinski definition) is 3. The van der Waals surface area contributed by atoms with Gasteiger partial charge in [-0.1, -0.05) is 23.8 Å². The van der Waals surface area contributed by atoms with Gasteiger partial charge in [-0.2, -0.15) is 0 Å². The van der Waals surface area contributed by atoms with Crippen molar-refractivity contribution in [1.82, 2.24) is 0 Å². The van der Waals surface area contributed by atoms with Crippen molar-refractivity contribution in [2.45, 2.75) is 17.4 Å². The van der Waals surface area contributed by atoms with Gasteiger partial charge in [0.15, 0.2) is 0 Å². The van der Waals surface area contributed by atoms with Crippen molar-refractivity contribution in [2.24, 2.45) is 10.9 Å². The summed E-state index contributed by atoms with van der Waals surface area (Å²) in [6.45, 7) is 0. The minimum atomic E-state index is -3.45. The molecule has 2 unspecified atom stereocenters. The molecule has 17 heavy (non-hydrogen) atoms. The number of nitrogens with zero attached hydrogens (tertiary/aromatic N) is 1. The number of sulfone groups is 1. The minimum Gasteiger partial charge on any atom is -0.269 e. The van der Waals surface area contributed by atoms with Gasteiger partial charge >= 0.3 is 0 Å². The largest absolute Gasteiger partial charge is 0.269 e. The van der Waals surface area contributed by atoms with Crippen LogP contribution in [0.3, 0.4) is 0 Å². The molecule has 88 valence electrons. The quantitative estimate of drug-likeness (QED) is 0.734. The van der Waals surface area contributed by atoms with Gasteiger partial charge in [-0.25, -0.2) is 8.42 Å². The molecular weight excluding hydrogens is 258 g/mol. The molecule has 2 bridgehead atoms. The van der Waals surface area contributed by atoms with Crippen LogP contribution < -0.4 is 0 Å². The van der Waals surface area contributed by atoms with E-state index >= 15 is 0 Å². The normalized spacial score (nSPS) is 26.3. The van der Waals surface area contributed by atoms with Gasteiger partial charge in [0.05, 0.1) is 10.9 Å². The molecule has 3 nitrogen and oxygen atoms in total. The highest BCUT2D eigenvalue weighted by molar-refractivity contribution is 8.06. The first-order valence-electron chi connectivity index (χ1n) is 5.34. The van der Waals surface area contributed by atoms with E-state index in [1.165, 1.54) is 12.1 Å². The number of allylic oxidation sites excluding steroid dienone is 1. The standard InChI is InChI=1S/C12H10ClNO2S/c13-9-2-5-11(6-3-9)17(15,16)12-8-1-4-10(7-8)14-12/h1-6,8,10H,7H2. The van der Waals surface area contributed by atoms with Crippen LogP contribution in [0.1, 0.15) is 6.42 Å². The van der Waals surface area contributed by atoms with Gasteiger partial charge in [-0.3, -0.25) is 4.99 Å². The van der Waals surface area contributed by atoms with E-state index in [0.29, 0.717) is 10.1 Å². The van der Waals surface area contributed by atoms with Gasteiger partial charge < -0.3 is 0 Å². The number of hydrogen-bond donors (Lipinski definition) is 0. The van der Waals surface area contributed by atoms with Gasteiger partial charge in [0.1, 0.15) is 5.04 Å². The van der Waals surface area contributed by atoms with E-state index in [1.807, 2.05) is 12.2 Å². The third kappa shape index (κ3) is 1.72. The van der Waals surface area contributed by atoms with Gasteiger partial charge in [0.25, 0.3) is 0 Å². The van der Waals surface area contributed by atoms with Crippen molar-refractivity contribution in [1.29, 1.82) is 0 Å². The first kappa shape index (κ1) is 11.0. The number of dihydropyridines is 1. The van der Waals surface area contributed by atoms with Crippen molar-refractivity contribution in [2.75, 3.05) is 0 Å². The molecule has 0 spiro atoms. The Kier molecular flexibility index (Phi) is 2.38. The SMILES string of the molecule is O=S(=O)(C1=NC2C=CC1C2)c1ccc(Cl)cc1. The molecule has 1 aromatic rings. The molecule has 0 radical (unpaired) electrons. The molecule has 1 heterocycles. The lowest BCUT2D eigenvalue weighted by Crippen LogP contribution is -2.20. The van der Waals surface area contributed by atoms with Crippen LogP contribution in [-0.2, 0) is 9.84 Å². The second kappa shape index (κ2) is 3.68. The fraction of sp³-hybridized carbons (Fsp3) is 0.250. The van der Waals surface area contributed by atoms with E-state index in [2.05, 4.69) is 4.99 Å². The Morgan fingerprint density at radius 1 is 1.18 bits per heavy atom. The Bertz CT molecular complexity index is 616. The Morgan fingerprint density at radius 2 is 1.88 bits per heavy atom. The summed E-state index contributed by atoms with van der Waals surface area (Å²) >= 11 is 5.75. The van der Waals surface area contributed by atoms with Crippen LogP contribution in [0.2, 0.25) is 5.02 Å². The van der Waals surface area contributed by atoms with E-state index in [-0.39, 0.29) is 16.9 Å². The molecule has 2 atom stereocenters. The molecule has 0 saturated heterocycles. The van der Waals surface area contributed by atoms with Crippen molar-refractivity contribution in [3.05, 3.63) is 41.4 Å². The Balaban J connectivity index is 2.03. The first-order valence-corrected chi connectivity index (χ1v) is 7.20. The molecule has 0 fully saturated rings. The van der Waals surface area contributed by atoms with Crippen LogP contribution in [0, 0.1) is 5.92 Å². The molecule has 0 amide bonds. The smallest absolute Gasteiger partial charge is 0.220 e. The maximum atomic E-state index is 12.3. The number of aliphatic imine (C=N–C) groups is 1. The molecule has 2 aliphatic rings. The van der Waals surface area contributed by atoms with Gasteiger partial charge in [-0.05, 0) is 30.7 Å². The van der Waals surface area contributed by atoms with E-state index in [9.17, 15) is 8.42 Å². The Morgan fingerprint density at radius 3 is 2.41 bits per heavy atom. The van der Waals surface area contributed by atoms with Crippen molar-refractivity contribution in [3.63, 3.8) is 0 Å². The predicted molar refractivity (Wildman–Crippen MR) is 67.1 cm³/mol. The lowest BCUT2D eigenvalue weighted by molar-refractivity contribution is 0.606. The summed E-state index contributed by atoms with van der Waals surface area (Å²) in [7, 11) is -3.45. The van der Waals surface area contributed by atoms with E-state index in [4.69, 9.17) is 11.6 Å². The summed E-state index contributed by atoms with van der Waals surface area (Å²) in [5.74, 6) is -0.0410. The summed E-state index contributed by atoms with van der Waals surface area (Å²) in [6.07, 6.45) is 4.69. The highest BCUT2D eigenvalue weighted by Crippen LogP contribution is 2.33. The zero-order valence-corrected chi connectivity index (χ0v) is 10.4. The van der Waals surface area contributed by atoms with Crippen LogP contribution >= 0.6 is 11.6 Å². The molecule has 1 aliphatic heterocycles. The highest BCUT2D eigenvalue weighted by atomic mass is 35.5.